The van der Waals surface area contributed by atoms with Crippen molar-refractivity contribution in [2.75, 3.05) is 33.2 Å². The number of halogens is 2. The van der Waals surface area contributed by atoms with Gasteiger partial charge in [-0.3, -0.25) is 14.9 Å². The number of piperidine rings is 1. The molecule has 9 heteroatoms. The molecule has 0 bridgehead atoms. The predicted octanol–water partition coefficient (Wildman–Crippen LogP) is 1.37. The molecular formula is C18H24Cl2N4O3. The van der Waals surface area contributed by atoms with Crippen molar-refractivity contribution in [1.82, 2.24) is 15.1 Å². The fourth-order valence-electron chi connectivity index (χ4n) is 3.72. The lowest BCUT2D eigenvalue weighted by Crippen LogP contribution is -2.59. The fraction of sp³-hybridized carbons (Fsp3) is 0.556. The third-order valence-corrected chi connectivity index (χ3v) is 6.19. The minimum absolute atomic E-state index is 0.00911. The van der Waals surface area contributed by atoms with Crippen molar-refractivity contribution in [2.45, 2.75) is 24.9 Å². The standard InChI is InChI=1S/C18H24Cl2N4O3/c1-23-9-14(22-8-16(23)26)18(27)24-4-2-10(3-5-24)17(21)11-6-12(19)13(20)7-15(11)25/h6-7,10,14,17,22,25H,2-5,8-9,21H2,1H3/t14?,17-/m1/s1. The first kappa shape index (κ1) is 20.2. The lowest BCUT2D eigenvalue weighted by molar-refractivity contribution is -0.140. The largest absolute Gasteiger partial charge is 0.508 e. The number of phenolic OH excluding ortho intramolecular Hbond substituents is 1. The summed E-state index contributed by atoms with van der Waals surface area (Å²) in [6.07, 6.45) is 1.46. The molecule has 2 fully saturated rings. The van der Waals surface area contributed by atoms with E-state index in [2.05, 4.69) is 5.32 Å². The summed E-state index contributed by atoms with van der Waals surface area (Å²) >= 11 is 12.0. The highest BCUT2D eigenvalue weighted by atomic mass is 35.5. The van der Waals surface area contributed by atoms with Crippen LogP contribution in [-0.2, 0) is 9.59 Å². The van der Waals surface area contributed by atoms with Crippen LogP contribution in [0.2, 0.25) is 10.0 Å². The number of hydrogen-bond acceptors (Lipinski definition) is 5. The number of nitrogens with zero attached hydrogens (tertiary/aromatic N) is 2. The van der Waals surface area contributed by atoms with Crippen LogP contribution < -0.4 is 11.1 Å². The Morgan fingerprint density at radius 2 is 1.93 bits per heavy atom. The maximum absolute atomic E-state index is 12.7. The first-order chi connectivity index (χ1) is 12.8. The SMILES string of the molecule is CN1CC(C(=O)N2CCC([C@@H](N)c3cc(Cl)c(Cl)cc3O)CC2)NCC1=O. The van der Waals surface area contributed by atoms with Crippen LogP contribution in [0.3, 0.4) is 0 Å². The van der Waals surface area contributed by atoms with E-state index in [1.807, 2.05) is 4.90 Å². The van der Waals surface area contributed by atoms with E-state index in [4.69, 9.17) is 28.9 Å². The molecule has 0 saturated carbocycles. The van der Waals surface area contributed by atoms with Crippen molar-refractivity contribution in [1.29, 1.82) is 0 Å². The molecular weight excluding hydrogens is 391 g/mol. The topological polar surface area (TPSA) is 98.9 Å². The van der Waals surface area contributed by atoms with Crippen LogP contribution in [0, 0.1) is 5.92 Å². The molecule has 27 heavy (non-hydrogen) atoms. The number of likely N-dealkylation sites (tertiary alicyclic amines) is 1. The number of carbonyl (C=O) groups excluding carboxylic acids is 2. The third-order valence-electron chi connectivity index (χ3n) is 5.47. The highest BCUT2D eigenvalue weighted by Gasteiger charge is 2.34. The second-order valence-electron chi connectivity index (χ2n) is 7.22. The number of hydrogen-bond donors (Lipinski definition) is 3. The maximum Gasteiger partial charge on any atom is 0.241 e. The lowest BCUT2D eigenvalue weighted by atomic mass is 9.85. The van der Waals surface area contributed by atoms with Crippen molar-refractivity contribution >= 4 is 35.0 Å². The summed E-state index contributed by atoms with van der Waals surface area (Å²) in [4.78, 5) is 27.7. The van der Waals surface area contributed by atoms with Gasteiger partial charge in [0.25, 0.3) is 0 Å². The Morgan fingerprint density at radius 3 is 2.56 bits per heavy atom. The number of carbonyl (C=O) groups is 2. The number of nitrogens with two attached hydrogens (primary N) is 1. The van der Waals surface area contributed by atoms with Gasteiger partial charge >= 0.3 is 0 Å². The Balaban J connectivity index is 1.59. The van der Waals surface area contributed by atoms with E-state index in [-0.39, 0.29) is 47.1 Å². The van der Waals surface area contributed by atoms with Crippen molar-refractivity contribution in [3.05, 3.63) is 27.7 Å². The Morgan fingerprint density at radius 1 is 1.30 bits per heavy atom. The summed E-state index contributed by atoms with van der Waals surface area (Å²) in [6, 6.07) is 2.27. The number of likely N-dealkylation sites (N-methyl/N-ethyl adjacent to an activating group) is 1. The van der Waals surface area contributed by atoms with Gasteiger partial charge < -0.3 is 20.6 Å². The van der Waals surface area contributed by atoms with Gasteiger partial charge in [0.05, 0.1) is 16.6 Å². The Labute approximate surface area is 168 Å². The zero-order chi connectivity index (χ0) is 19.7. The number of phenols is 1. The molecule has 2 aliphatic rings. The summed E-state index contributed by atoms with van der Waals surface area (Å²) in [5.41, 5.74) is 6.94. The van der Waals surface area contributed by atoms with Gasteiger partial charge in [-0.25, -0.2) is 0 Å². The summed E-state index contributed by atoms with van der Waals surface area (Å²) in [5, 5.41) is 13.8. The highest BCUT2D eigenvalue weighted by Crippen LogP contribution is 2.37. The molecule has 2 atom stereocenters. The average molecular weight is 415 g/mol. The molecule has 2 heterocycles. The molecule has 2 amide bonds. The zero-order valence-electron chi connectivity index (χ0n) is 15.1. The molecule has 0 radical (unpaired) electrons. The van der Waals surface area contributed by atoms with Gasteiger partial charge in [0.2, 0.25) is 11.8 Å². The molecule has 0 aromatic heterocycles. The second-order valence-corrected chi connectivity index (χ2v) is 8.04. The molecule has 2 saturated heterocycles. The number of piperazine rings is 1. The predicted molar refractivity (Wildman–Crippen MR) is 104 cm³/mol. The van der Waals surface area contributed by atoms with Gasteiger partial charge in [-0.15, -0.1) is 0 Å². The fourth-order valence-corrected chi connectivity index (χ4v) is 4.05. The lowest BCUT2D eigenvalue weighted by Gasteiger charge is -2.38. The quantitative estimate of drug-likeness (QED) is 0.693. The minimum Gasteiger partial charge on any atom is -0.508 e. The van der Waals surface area contributed by atoms with Crippen LogP contribution in [0.1, 0.15) is 24.4 Å². The van der Waals surface area contributed by atoms with Gasteiger partial charge in [-0.2, -0.15) is 0 Å². The number of rotatable bonds is 3. The Kier molecular flexibility index (Phi) is 6.15. The van der Waals surface area contributed by atoms with Crippen molar-refractivity contribution < 1.29 is 14.7 Å². The molecule has 1 aromatic rings. The first-order valence-corrected chi connectivity index (χ1v) is 9.73. The number of amides is 2. The van der Waals surface area contributed by atoms with Gasteiger partial charge in [0, 0.05) is 44.4 Å². The molecule has 148 valence electrons. The van der Waals surface area contributed by atoms with Crippen LogP contribution in [0.4, 0.5) is 0 Å². The van der Waals surface area contributed by atoms with Gasteiger partial charge in [0.1, 0.15) is 11.8 Å². The molecule has 1 aromatic carbocycles. The summed E-state index contributed by atoms with van der Waals surface area (Å²) in [6.45, 7) is 1.75. The Hall–Kier alpha value is -1.54. The van der Waals surface area contributed by atoms with E-state index in [9.17, 15) is 14.7 Å². The van der Waals surface area contributed by atoms with Crippen LogP contribution in [-0.4, -0.2) is 66.0 Å². The van der Waals surface area contributed by atoms with E-state index in [1.165, 1.54) is 6.07 Å². The van der Waals surface area contributed by atoms with Gasteiger partial charge in [0.15, 0.2) is 0 Å². The summed E-state index contributed by atoms with van der Waals surface area (Å²) in [7, 11) is 1.71. The van der Waals surface area contributed by atoms with Crippen LogP contribution in [0.5, 0.6) is 5.75 Å². The molecule has 3 rings (SSSR count). The van der Waals surface area contributed by atoms with Gasteiger partial charge in [-0.05, 0) is 24.8 Å². The van der Waals surface area contributed by atoms with Crippen molar-refractivity contribution in [3.63, 3.8) is 0 Å². The number of aromatic hydroxyl groups is 1. The van der Waals surface area contributed by atoms with E-state index in [1.54, 1.807) is 18.0 Å². The van der Waals surface area contributed by atoms with Crippen molar-refractivity contribution in [2.24, 2.45) is 11.7 Å². The monoisotopic (exact) mass is 414 g/mol. The van der Waals surface area contributed by atoms with Crippen LogP contribution in [0.15, 0.2) is 12.1 Å². The second kappa shape index (κ2) is 8.22. The smallest absolute Gasteiger partial charge is 0.241 e. The minimum atomic E-state index is -0.381. The highest BCUT2D eigenvalue weighted by molar-refractivity contribution is 6.42. The summed E-state index contributed by atoms with van der Waals surface area (Å²) < 4.78 is 0. The molecule has 4 N–H and O–H groups in total. The van der Waals surface area contributed by atoms with E-state index in [0.29, 0.717) is 30.2 Å². The zero-order valence-corrected chi connectivity index (χ0v) is 16.6. The third kappa shape index (κ3) is 4.32. The Bertz CT molecular complexity index is 738. The van der Waals surface area contributed by atoms with E-state index < -0.39 is 0 Å². The van der Waals surface area contributed by atoms with Crippen molar-refractivity contribution in [3.8, 4) is 5.75 Å². The number of benzene rings is 1. The molecule has 0 aliphatic carbocycles. The molecule has 1 unspecified atom stereocenters. The summed E-state index contributed by atoms with van der Waals surface area (Å²) in [5.74, 6) is 0.166. The first-order valence-electron chi connectivity index (χ1n) is 8.97. The normalized spacial score (nSPS) is 22.8. The molecule has 2 aliphatic heterocycles. The van der Waals surface area contributed by atoms with E-state index >= 15 is 0 Å². The number of nitrogens with one attached hydrogen (secondary N) is 1. The average Bonchev–Trinajstić information content (AvgIpc) is 2.66. The van der Waals surface area contributed by atoms with Gasteiger partial charge in [-0.1, -0.05) is 23.2 Å². The van der Waals surface area contributed by atoms with Crippen LogP contribution in [0.25, 0.3) is 0 Å². The maximum atomic E-state index is 12.7. The molecule has 0 spiro atoms. The van der Waals surface area contributed by atoms with E-state index in [0.717, 1.165) is 12.8 Å². The van der Waals surface area contributed by atoms with Crippen LogP contribution >= 0.6 is 23.2 Å². The molecule has 7 nitrogen and oxygen atoms in total.